The van der Waals surface area contributed by atoms with Crippen LogP contribution in [0.4, 0.5) is 4.79 Å². The average Bonchev–Trinajstić information content (AvgIpc) is 2.87. The molecule has 0 aromatic heterocycles. The number of carbonyl (C=O) groups excluding carboxylic acids is 1. The number of fused-ring (bicyclic) bond motifs is 1. The first-order valence-corrected chi connectivity index (χ1v) is 16.4. The number of rotatable bonds is 6. The van der Waals surface area contributed by atoms with Crippen LogP contribution in [0.3, 0.4) is 0 Å². The molecule has 0 N–H and O–H groups in total. The molecule has 1 heterocycles. The van der Waals surface area contributed by atoms with E-state index in [-0.39, 0.29) is 11.1 Å². The van der Waals surface area contributed by atoms with E-state index in [9.17, 15) is 4.79 Å². The number of halogens is 1. The lowest BCUT2D eigenvalue weighted by molar-refractivity contribution is 0.0222. The Kier molecular flexibility index (Phi) is 8.43. The number of hydrogen-bond donors (Lipinski definition) is 0. The summed E-state index contributed by atoms with van der Waals surface area (Å²) in [4.78, 5) is 14.5. The summed E-state index contributed by atoms with van der Waals surface area (Å²) in [5.41, 5.74) is 1.77. The normalized spacial score (nSPS) is 14.1. The van der Waals surface area contributed by atoms with E-state index in [0.29, 0.717) is 19.7 Å². The molecule has 4 nitrogen and oxygen atoms in total. The zero-order valence-electron chi connectivity index (χ0n) is 23.5. The van der Waals surface area contributed by atoms with Crippen LogP contribution in [0.15, 0.2) is 77.3 Å². The van der Waals surface area contributed by atoms with Crippen LogP contribution in [0.1, 0.15) is 52.7 Å². The van der Waals surface area contributed by atoms with Crippen LogP contribution in [0.25, 0.3) is 0 Å². The van der Waals surface area contributed by atoms with Gasteiger partial charge >= 0.3 is 6.09 Å². The molecule has 0 fully saturated rings. The maximum atomic E-state index is 12.7. The van der Waals surface area contributed by atoms with Gasteiger partial charge < -0.3 is 14.4 Å². The monoisotopic (exact) mass is 593 g/mol. The van der Waals surface area contributed by atoms with Gasteiger partial charge in [0.15, 0.2) is 0 Å². The number of benzene rings is 3. The van der Waals surface area contributed by atoms with Crippen molar-refractivity contribution < 1.29 is 14.3 Å². The Hall–Kier alpha value is -2.57. The van der Waals surface area contributed by atoms with Gasteiger partial charge in [0.2, 0.25) is 0 Å². The Morgan fingerprint density at radius 1 is 0.868 bits per heavy atom. The van der Waals surface area contributed by atoms with Gasteiger partial charge in [0.1, 0.15) is 19.4 Å². The second-order valence-corrected chi connectivity index (χ2v) is 18.0. The van der Waals surface area contributed by atoms with Gasteiger partial charge in [-0.15, -0.1) is 0 Å². The van der Waals surface area contributed by atoms with Crippen LogP contribution in [-0.4, -0.2) is 37.8 Å². The molecule has 0 spiro atoms. The molecule has 0 saturated heterocycles. The maximum absolute atomic E-state index is 12.7. The van der Waals surface area contributed by atoms with Gasteiger partial charge in [-0.1, -0.05) is 108 Å². The van der Waals surface area contributed by atoms with Crippen LogP contribution in [-0.2, 0) is 17.7 Å². The van der Waals surface area contributed by atoms with E-state index in [1.54, 1.807) is 4.90 Å². The molecule has 0 saturated carbocycles. The molecule has 0 atom stereocenters. The Morgan fingerprint density at radius 3 is 1.97 bits per heavy atom. The SMILES string of the molecule is CC(C)(C)OC(=O)N1CCc2c(OCC[Si](c3ccccc3)(c3ccccc3)C(C)(C)C)ccc(Br)c2C1. The molecule has 6 heteroatoms. The number of carbonyl (C=O) groups is 1. The predicted molar refractivity (Wildman–Crippen MR) is 162 cm³/mol. The van der Waals surface area contributed by atoms with Crippen molar-refractivity contribution in [2.24, 2.45) is 0 Å². The summed E-state index contributed by atoms with van der Waals surface area (Å²) in [5.74, 6) is 0.921. The molecule has 1 aliphatic rings. The second-order valence-electron chi connectivity index (χ2n) is 12.1. The Bertz CT molecular complexity index is 1210. The van der Waals surface area contributed by atoms with Crippen LogP contribution in [0, 0.1) is 0 Å². The van der Waals surface area contributed by atoms with Crippen molar-refractivity contribution in [3.8, 4) is 5.75 Å². The highest BCUT2D eigenvalue weighted by Crippen LogP contribution is 2.39. The lowest BCUT2D eigenvalue weighted by atomic mass is 9.99. The van der Waals surface area contributed by atoms with Gasteiger partial charge in [-0.3, -0.25) is 0 Å². The van der Waals surface area contributed by atoms with E-state index in [2.05, 4.69) is 103 Å². The predicted octanol–water partition coefficient (Wildman–Crippen LogP) is 7.18. The van der Waals surface area contributed by atoms with Crippen molar-refractivity contribution >= 4 is 40.5 Å². The minimum Gasteiger partial charge on any atom is -0.494 e. The van der Waals surface area contributed by atoms with Gasteiger partial charge in [-0.05, 0) is 56.0 Å². The number of ether oxygens (including phenoxy) is 2. The highest BCUT2D eigenvalue weighted by molar-refractivity contribution is 9.10. The van der Waals surface area contributed by atoms with E-state index < -0.39 is 13.7 Å². The zero-order chi connectivity index (χ0) is 27.6. The molecular weight excluding hydrogens is 554 g/mol. The van der Waals surface area contributed by atoms with Gasteiger partial charge in [0, 0.05) is 16.6 Å². The molecule has 1 aliphatic heterocycles. The molecule has 202 valence electrons. The summed E-state index contributed by atoms with van der Waals surface area (Å²) in [5, 5.41) is 2.97. The summed E-state index contributed by atoms with van der Waals surface area (Å²) < 4.78 is 13.2. The average molecular weight is 595 g/mol. The molecule has 0 unspecified atom stereocenters. The third-order valence-corrected chi connectivity index (χ3v) is 14.4. The molecule has 0 bridgehead atoms. The van der Waals surface area contributed by atoms with Gasteiger partial charge in [0.05, 0.1) is 13.2 Å². The Labute approximate surface area is 237 Å². The van der Waals surface area contributed by atoms with E-state index >= 15 is 0 Å². The largest absolute Gasteiger partial charge is 0.494 e. The quantitative estimate of drug-likeness (QED) is 0.284. The first-order chi connectivity index (χ1) is 17.9. The molecule has 3 aromatic rings. The van der Waals surface area contributed by atoms with Gasteiger partial charge in [0.25, 0.3) is 0 Å². The second kappa shape index (κ2) is 11.3. The highest BCUT2D eigenvalue weighted by atomic mass is 79.9. The topological polar surface area (TPSA) is 38.8 Å². The zero-order valence-corrected chi connectivity index (χ0v) is 26.1. The number of hydrogen-bond acceptors (Lipinski definition) is 3. The molecule has 38 heavy (non-hydrogen) atoms. The maximum Gasteiger partial charge on any atom is 0.410 e. The molecule has 4 rings (SSSR count). The van der Waals surface area contributed by atoms with Crippen molar-refractivity contribution in [2.75, 3.05) is 13.2 Å². The number of amides is 1. The van der Waals surface area contributed by atoms with Crippen molar-refractivity contribution in [1.82, 2.24) is 4.90 Å². The first kappa shape index (κ1) is 28.4. The fourth-order valence-corrected chi connectivity index (χ4v) is 11.5. The van der Waals surface area contributed by atoms with Crippen molar-refractivity contribution in [3.63, 3.8) is 0 Å². The van der Waals surface area contributed by atoms with Crippen molar-refractivity contribution in [2.45, 2.75) is 71.2 Å². The van der Waals surface area contributed by atoms with Crippen LogP contribution in [0.5, 0.6) is 5.75 Å². The minimum absolute atomic E-state index is 0.0894. The molecule has 0 radical (unpaired) electrons. The van der Waals surface area contributed by atoms with E-state index in [0.717, 1.165) is 28.3 Å². The van der Waals surface area contributed by atoms with Crippen LogP contribution < -0.4 is 15.1 Å². The standard InChI is InChI=1S/C32H40BrNO3Si/c1-31(2,3)37-30(35)34-20-19-26-27(23-34)28(33)17-18-29(26)36-21-22-38(32(4,5)6,24-13-9-7-10-14-24)25-15-11-8-12-16-25/h7-18H,19-23H2,1-6H3. The molecule has 0 aliphatic carbocycles. The summed E-state index contributed by atoms with van der Waals surface area (Å²) in [6, 6.07) is 27.1. The van der Waals surface area contributed by atoms with Gasteiger partial charge in [-0.2, -0.15) is 0 Å². The van der Waals surface area contributed by atoms with E-state index in [1.807, 2.05) is 26.8 Å². The first-order valence-electron chi connectivity index (χ1n) is 13.4. The fourth-order valence-electron chi connectivity index (χ4n) is 5.68. The van der Waals surface area contributed by atoms with Crippen molar-refractivity contribution in [1.29, 1.82) is 0 Å². The number of nitrogens with zero attached hydrogens (tertiary/aromatic N) is 1. The highest BCUT2D eigenvalue weighted by Gasteiger charge is 2.47. The van der Waals surface area contributed by atoms with Gasteiger partial charge in [-0.25, -0.2) is 4.79 Å². The van der Waals surface area contributed by atoms with Crippen molar-refractivity contribution in [3.05, 3.63) is 88.4 Å². The summed E-state index contributed by atoms with van der Waals surface area (Å²) >= 11 is 3.71. The lowest BCUT2D eigenvalue weighted by Gasteiger charge is -2.44. The third kappa shape index (κ3) is 6.02. The summed E-state index contributed by atoms with van der Waals surface area (Å²) in [6.07, 6.45) is 0.468. The molecule has 3 aromatic carbocycles. The van der Waals surface area contributed by atoms with Crippen LogP contribution >= 0.6 is 15.9 Å². The fraction of sp³-hybridized carbons (Fsp3) is 0.406. The third-order valence-electron chi connectivity index (χ3n) is 7.51. The lowest BCUT2D eigenvalue weighted by Crippen LogP contribution is -2.64. The Balaban J connectivity index is 1.60. The summed E-state index contributed by atoms with van der Waals surface area (Å²) in [6.45, 7) is 14.6. The summed E-state index contributed by atoms with van der Waals surface area (Å²) in [7, 11) is -2.20. The van der Waals surface area contributed by atoms with E-state index in [1.165, 1.54) is 15.9 Å². The Morgan fingerprint density at radius 2 is 1.45 bits per heavy atom. The van der Waals surface area contributed by atoms with Crippen LogP contribution in [0.2, 0.25) is 11.1 Å². The smallest absolute Gasteiger partial charge is 0.410 e. The molecule has 1 amide bonds. The minimum atomic E-state index is -2.20. The van der Waals surface area contributed by atoms with E-state index in [4.69, 9.17) is 9.47 Å². The molecular formula is C32H40BrNO3Si.